The number of nitrogens with zero attached hydrogens (tertiary/aromatic N) is 3. The highest BCUT2D eigenvalue weighted by Crippen LogP contribution is 2.21. The number of hydrogen-bond donors (Lipinski definition) is 1. The summed E-state index contributed by atoms with van der Waals surface area (Å²) in [6.45, 7) is 2.97. The zero-order valence-electron chi connectivity index (χ0n) is 10.2. The number of pyridine rings is 1. The van der Waals surface area contributed by atoms with Crippen LogP contribution in [0.1, 0.15) is 29.4 Å². The molecule has 1 aliphatic heterocycles. The van der Waals surface area contributed by atoms with E-state index in [0.717, 1.165) is 6.42 Å². The third kappa shape index (κ3) is 2.49. The van der Waals surface area contributed by atoms with Crippen LogP contribution in [0.2, 0.25) is 0 Å². The molecule has 0 bridgehead atoms. The average Bonchev–Trinajstić information content (AvgIpc) is 2.88. The largest absolute Gasteiger partial charge is 0.393 e. The normalized spacial score (nSPS) is 20.5. The van der Waals surface area contributed by atoms with E-state index in [1.165, 1.54) is 6.20 Å². The summed E-state index contributed by atoms with van der Waals surface area (Å²) in [6.07, 6.45) is 1.83. The van der Waals surface area contributed by atoms with E-state index in [9.17, 15) is 9.90 Å². The van der Waals surface area contributed by atoms with Gasteiger partial charge in [-0.15, -0.1) is 0 Å². The van der Waals surface area contributed by atoms with E-state index in [4.69, 9.17) is 5.26 Å². The van der Waals surface area contributed by atoms with Crippen molar-refractivity contribution < 1.29 is 9.90 Å². The number of carbonyl (C=O) groups is 1. The SMILES string of the molecule is CC(O)C1CCN(C(=O)c2ccc(C#N)cn2)C1. The first-order chi connectivity index (χ1) is 8.61. The summed E-state index contributed by atoms with van der Waals surface area (Å²) in [5.41, 5.74) is 0.787. The summed E-state index contributed by atoms with van der Waals surface area (Å²) in [4.78, 5) is 17.8. The second-order valence-electron chi connectivity index (χ2n) is 4.58. The summed E-state index contributed by atoms with van der Waals surface area (Å²) < 4.78 is 0. The molecule has 2 unspecified atom stereocenters. The molecule has 18 heavy (non-hydrogen) atoms. The van der Waals surface area contributed by atoms with Crippen molar-refractivity contribution in [3.63, 3.8) is 0 Å². The summed E-state index contributed by atoms with van der Waals surface area (Å²) in [7, 11) is 0. The minimum atomic E-state index is -0.392. The fourth-order valence-electron chi connectivity index (χ4n) is 2.11. The van der Waals surface area contributed by atoms with Gasteiger partial charge in [0.25, 0.3) is 5.91 Å². The van der Waals surface area contributed by atoms with Crippen molar-refractivity contribution in [2.75, 3.05) is 13.1 Å². The Kier molecular flexibility index (Phi) is 3.58. The Morgan fingerprint density at radius 1 is 1.67 bits per heavy atom. The van der Waals surface area contributed by atoms with Crippen LogP contribution in [0.25, 0.3) is 0 Å². The molecule has 5 nitrogen and oxygen atoms in total. The third-order valence-electron chi connectivity index (χ3n) is 3.31. The first kappa shape index (κ1) is 12.5. The Hall–Kier alpha value is -1.93. The lowest BCUT2D eigenvalue weighted by molar-refractivity contribution is 0.0757. The van der Waals surface area contributed by atoms with E-state index in [2.05, 4.69) is 4.98 Å². The first-order valence-electron chi connectivity index (χ1n) is 5.95. The lowest BCUT2D eigenvalue weighted by Crippen LogP contribution is -2.30. The van der Waals surface area contributed by atoms with Crippen molar-refractivity contribution in [1.29, 1.82) is 5.26 Å². The van der Waals surface area contributed by atoms with Crippen molar-refractivity contribution >= 4 is 5.91 Å². The summed E-state index contributed by atoms with van der Waals surface area (Å²) in [5, 5.41) is 18.2. The van der Waals surface area contributed by atoms with Gasteiger partial charge in [-0.05, 0) is 25.5 Å². The van der Waals surface area contributed by atoms with Crippen LogP contribution >= 0.6 is 0 Å². The quantitative estimate of drug-likeness (QED) is 0.835. The molecular weight excluding hydrogens is 230 g/mol. The molecule has 0 spiro atoms. The van der Waals surface area contributed by atoms with Crippen LogP contribution in [0.4, 0.5) is 0 Å². The second kappa shape index (κ2) is 5.15. The Morgan fingerprint density at radius 2 is 2.44 bits per heavy atom. The molecule has 0 radical (unpaired) electrons. The first-order valence-corrected chi connectivity index (χ1v) is 5.95. The maximum absolute atomic E-state index is 12.1. The maximum atomic E-state index is 12.1. The van der Waals surface area contributed by atoms with Crippen LogP contribution in [0.15, 0.2) is 18.3 Å². The molecule has 1 aliphatic rings. The lowest BCUT2D eigenvalue weighted by atomic mass is 10.0. The summed E-state index contributed by atoms with van der Waals surface area (Å²) in [5.74, 6) is 0.00923. The standard InChI is InChI=1S/C13H15N3O2/c1-9(17)11-4-5-16(8-11)13(18)12-3-2-10(6-14)7-15-12/h2-3,7,9,11,17H,4-5,8H2,1H3. The Balaban J connectivity index is 2.06. The van der Waals surface area contributed by atoms with Crippen LogP contribution < -0.4 is 0 Å². The van der Waals surface area contributed by atoms with Gasteiger partial charge in [-0.25, -0.2) is 4.98 Å². The van der Waals surface area contributed by atoms with Crippen molar-refractivity contribution in [2.24, 2.45) is 5.92 Å². The molecule has 0 aliphatic carbocycles. The molecule has 1 aromatic rings. The van der Waals surface area contributed by atoms with Crippen LogP contribution in [0.3, 0.4) is 0 Å². The van der Waals surface area contributed by atoms with Gasteiger partial charge in [-0.2, -0.15) is 5.26 Å². The summed E-state index contributed by atoms with van der Waals surface area (Å²) >= 11 is 0. The number of amides is 1. The minimum absolute atomic E-state index is 0.136. The van der Waals surface area contributed by atoms with Gasteiger partial charge >= 0.3 is 0 Å². The minimum Gasteiger partial charge on any atom is -0.393 e. The number of aromatic nitrogens is 1. The predicted octanol–water partition coefficient (Wildman–Crippen LogP) is 0.796. The lowest BCUT2D eigenvalue weighted by Gasteiger charge is -2.17. The number of nitriles is 1. The van der Waals surface area contributed by atoms with Gasteiger partial charge in [0.05, 0.1) is 11.7 Å². The second-order valence-corrected chi connectivity index (χ2v) is 4.58. The molecule has 1 saturated heterocycles. The van der Waals surface area contributed by atoms with E-state index in [1.807, 2.05) is 6.07 Å². The average molecular weight is 245 g/mol. The van der Waals surface area contributed by atoms with Gasteiger partial charge in [0, 0.05) is 25.2 Å². The molecular formula is C13H15N3O2. The van der Waals surface area contributed by atoms with Gasteiger partial charge in [-0.1, -0.05) is 0 Å². The van der Waals surface area contributed by atoms with Crippen LogP contribution in [0.5, 0.6) is 0 Å². The number of likely N-dealkylation sites (tertiary alicyclic amines) is 1. The van der Waals surface area contributed by atoms with Gasteiger partial charge in [0.2, 0.25) is 0 Å². The third-order valence-corrected chi connectivity index (χ3v) is 3.31. The van der Waals surface area contributed by atoms with Crippen LogP contribution in [-0.4, -0.2) is 40.1 Å². The summed E-state index contributed by atoms with van der Waals surface area (Å²) in [6, 6.07) is 5.12. The molecule has 1 aromatic heterocycles. The molecule has 1 N–H and O–H groups in total. The van der Waals surface area contributed by atoms with Gasteiger partial charge < -0.3 is 10.0 Å². The molecule has 2 heterocycles. The highest BCUT2D eigenvalue weighted by atomic mass is 16.3. The zero-order chi connectivity index (χ0) is 13.1. The predicted molar refractivity (Wildman–Crippen MR) is 64.6 cm³/mol. The smallest absolute Gasteiger partial charge is 0.272 e. The molecule has 1 fully saturated rings. The maximum Gasteiger partial charge on any atom is 0.272 e. The highest BCUT2D eigenvalue weighted by Gasteiger charge is 2.29. The fraction of sp³-hybridized carbons (Fsp3) is 0.462. The highest BCUT2D eigenvalue weighted by molar-refractivity contribution is 5.92. The zero-order valence-corrected chi connectivity index (χ0v) is 10.2. The Morgan fingerprint density at radius 3 is 2.94 bits per heavy atom. The van der Waals surface area contributed by atoms with E-state index in [1.54, 1.807) is 24.0 Å². The van der Waals surface area contributed by atoms with Crippen molar-refractivity contribution in [3.8, 4) is 6.07 Å². The van der Waals surface area contributed by atoms with Gasteiger partial charge in [0.1, 0.15) is 11.8 Å². The number of carbonyl (C=O) groups excluding carboxylic acids is 1. The van der Waals surface area contributed by atoms with Crippen molar-refractivity contribution in [1.82, 2.24) is 9.88 Å². The van der Waals surface area contributed by atoms with Crippen molar-refractivity contribution in [3.05, 3.63) is 29.6 Å². The molecule has 2 rings (SSSR count). The molecule has 5 heteroatoms. The van der Waals surface area contributed by atoms with Crippen LogP contribution in [0, 0.1) is 17.2 Å². The van der Waals surface area contributed by atoms with Crippen molar-refractivity contribution in [2.45, 2.75) is 19.4 Å². The van der Waals surface area contributed by atoms with Crippen LogP contribution in [-0.2, 0) is 0 Å². The molecule has 2 atom stereocenters. The molecule has 0 saturated carbocycles. The monoisotopic (exact) mass is 245 g/mol. The number of hydrogen-bond acceptors (Lipinski definition) is 4. The van der Waals surface area contributed by atoms with E-state index in [0.29, 0.717) is 24.3 Å². The van der Waals surface area contributed by atoms with E-state index >= 15 is 0 Å². The fourth-order valence-corrected chi connectivity index (χ4v) is 2.11. The van der Waals surface area contributed by atoms with E-state index in [-0.39, 0.29) is 11.8 Å². The van der Waals surface area contributed by atoms with Gasteiger partial charge in [-0.3, -0.25) is 4.79 Å². The number of aliphatic hydroxyl groups excluding tert-OH is 1. The Labute approximate surface area is 106 Å². The number of rotatable bonds is 2. The van der Waals surface area contributed by atoms with E-state index < -0.39 is 6.10 Å². The molecule has 0 aromatic carbocycles. The van der Waals surface area contributed by atoms with Gasteiger partial charge in [0.15, 0.2) is 0 Å². The molecule has 1 amide bonds. The Bertz CT molecular complexity index is 476. The topological polar surface area (TPSA) is 77.2 Å². The number of aliphatic hydroxyl groups is 1. The molecule has 94 valence electrons.